The number of amides is 1. The summed E-state index contributed by atoms with van der Waals surface area (Å²) in [6.07, 6.45) is 1.89. The summed E-state index contributed by atoms with van der Waals surface area (Å²) in [6, 6.07) is 5.97. The minimum absolute atomic E-state index is 0.0105. The predicted molar refractivity (Wildman–Crippen MR) is 96.4 cm³/mol. The molecule has 0 fully saturated rings. The van der Waals surface area contributed by atoms with Crippen LogP contribution in [0.5, 0.6) is 0 Å². The second-order valence-electron chi connectivity index (χ2n) is 6.54. The number of hydrogen-bond donors (Lipinski definition) is 0. The Kier molecular flexibility index (Phi) is 6.82. The van der Waals surface area contributed by atoms with Crippen molar-refractivity contribution in [3.63, 3.8) is 0 Å². The average molecular weight is 360 g/mol. The zero-order valence-electron chi connectivity index (χ0n) is 15.3. The lowest BCUT2D eigenvalue weighted by Crippen LogP contribution is -2.34. The van der Waals surface area contributed by atoms with E-state index in [0.29, 0.717) is 49.1 Å². The number of nitro benzene ring substituents is 1. The van der Waals surface area contributed by atoms with Crippen LogP contribution in [0.2, 0.25) is 0 Å². The van der Waals surface area contributed by atoms with Crippen LogP contribution in [0.4, 0.5) is 5.69 Å². The molecule has 2 aromatic rings. The van der Waals surface area contributed by atoms with Crippen molar-refractivity contribution in [2.24, 2.45) is 5.92 Å². The Morgan fingerprint density at radius 3 is 2.54 bits per heavy atom. The van der Waals surface area contributed by atoms with E-state index in [1.807, 2.05) is 25.7 Å². The summed E-state index contributed by atoms with van der Waals surface area (Å²) < 4.78 is 5.25. The fourth-order valence-corrected chi connectivity index (χ4v) is 2.55. The SMILES string of the molecule is CCCN(CCc1nc(-c2ccc([N+](=O)[O-])cc2)no1)C(=O)CC(C)C. The van der Waals surface area contributed by atoms with Gasteiger partial charge in [-0.25, -0.2) is 0 Å². The summed E-state index contributed by atoms with van der Waals surface area (Å²) in [7, 11) is 0. The number of nitro groups is 1. The predicted octanol–water partition coefficient (Wildman–Crippen LogP) is 3.47. The van der Waals surface area contributed by atoms with Crippen molar-refractivity contribution in [3.05, 3.63) is 40.3 Å². The molecule has 0 N–H and O–H groups in total. The highest BCUT2D eigenvalue weighted by molar-refractivity contribution is 5.76. The molecule has 0 saturated carbocycles. The molecule has 1 heterocycles. The van der Waals surface area contributed by atoms with Crippen LogP contribution < -0.4 is 0 Å². The van der Waals surface area contributed by atoms with Gasteiger partial charge in [0, 0.05) is 43.6 Å². The molecule has 8 heteroatoms. The second-order valence-corrected chi connectivity index (χ2v) is 6.54. The maximum atomic E-state index is 12.3. The molecule has 0 unspecified atom stereocenters. The zero-order valence-corrected chi connectivity index (χ0v) is 15.3. The zero-order chi connectivity index (χ0) is 19.1. The molecular weight excluding hydrogens is 336 g/mol. The fraction of sp³-hybridized carbons (Fsp3) is 0.500. The van der Waals surface area contributed by atoms with Crippen LogP contribution in [0.15, 0.2) is 28.8 Å². The summed E-state index contributed by atoms with van der Waals surface area (Å²) in [5.74, 6) is 1.28. The van der Waals surface area contributed by atoms with Crippen molar-refractivity contribution in [1.82, 2.24) is 15.0 Å². The van der Waals surface area contributed by atoms with E-state index in [4.69, 9.17) is 4.52 Å². The molecule has 0 saturated heterocycles. The number of nitrogens with zero attached hydrogens (tertiary/aromatic N) is 4. The van der Waals surface area contributed by atoms with E-state index in [2.05, 4.69) is 10.1 Å². The summed E-state index contributed by atoms with van der Waals surface area (Å²) in [5, 5.41) is 14.6. The Morgan fingerprint density at radius 1 is 1.27 bits per heavy atom. The number of non-ortho nitro benzene ring substituents is 1. The van der Waals surface area contributed by atoms with E-state index in [9.17, 15) is 14.9 Å². The number of aromatic nitrogens is 2. The molecule has 1 amide bonds. The van der Waals surface area contributed by atoms with Crippen molar-refractivity contribution in [3.8, 4) is 11.4 Å². The summed E-state index contributed by atoms with van der Waals surface area (Å²) in [6.45, 7) is 7.32. The van der Waals surface area contributed by atoms with Gasteiger partial charge >= 0.3 is 0 Å². The molecular formula is C18H24N4O4. The first-order valence-electron chi connectivity index (χ1n) is 8.75. The van der Waals surface area contributed by atoms with Gasteiger partial charge in [-0.15, -0.1) is 0 Å². The summed E-state index contributed by atoms with van der Waals surface area (Å²) in [5.41, 5.74) is 0.656. The van der Waals surface area contributed by atoms with Gasteiger partial charge in [-0.2, -0.15) is 4.98 Å². The highest BCUT2D eigenvalue weighted by Crippen LogP contribution is 2.20. The Hall–Kier alpha value is -2.77. The van der Waals surface area contributed by atoms with Crippen LogP contribution >= 0.6 is 0 Å². The summed E-state index contributed by atoms with van der Waals surface area (Å²) in [4.78, 5) is 28.7. The van der Waals surface area contributed by atoms with E-state index in [0.717, 1.165) is 6.42 Å². The van der Waals surface area contributed by atoms with Crippen LogP contribution in [0, 0.1) is 16.0 Å². The lowest BCUT2D eigenvalue weighted by atomic mass is 10.1. The van der Waals surface area contributed by atoms with Gasteiger partial charge in [-0.1, -0.05) is 25.9 Å². The Labute approximate surface area is 152 Å². The monoisotopic (exact) mass is 360 g/mol. The van der Waals surface area contributed by atoms with Crippen LogP contribution in [0.25, 0.3) is 11.4 Å². The standard InChI is InChI=1S/C18H24N4O4/c1-4-10-21(17(23)12-13(2)3)11-9-16-19-18(20-26-16)14-5-7-15(8-6-14)22(24)25/h5-8,13H,4,9-12H2,1-3H3. The molecule has 8 nitrogen and oxygen atoms in total. The molecule has 0 aliphatic carbocycles. The van der Waals surface area contributed by atoms with Gasteiger partial charge in [0.15, 0.2) is 0 Å². The van der Waals surface area contributed by atoms with E-state index < -0.39 is 4.92 Å². The molecule has 0 bridgehead atoms. The van der Waals surface area contributed by atoms with Crippen LogP contribution in [0.1, 0.15) is 39.5 Å². The van der Waals surface area contributed by atoms with Crippen LogP contribution in [-0.2, 0) is 11.2 Å². The van der Waals surface area contributed by atoms with E-state index >= 15 is 0 Å². The Bertz CT molecular complexity index is 740. The third-order valence-electron chi connectivity index (χ3n) is 3.83. The lowest BCUT2D eigenvalue weighted by molar-refractivity contribution is -0.384. The maximum Gasteiger partial charge on any atom is 0.269 e. The quantitative estimate of drug-likeness (QED) is 0.501. The van der Waals surface area contributed by atoms with Crippen molar-refractivity contribution in [1.29, 1.82) is 0 Å². The van der Waals surface area contributed by atoms with Gasteiger partial charge < -0.3 is 9.42 Å². The molecule has 2 rings (SSSR count). The largest absolute Gasteiger partial charge is 0.342 e. The van der Waals surface area contributed by atoms with Crippen molar-refractivity contribution >= 4 is 11.6 Å². The first kappa shape index (κ1) is 19.6. The highest BCUT2D eigenvalue weighted by Gasteiger charge is 2.16. The number of benzene rings is 1. The van der Waals surface area contributed by atoms with Crippen molar-refractivity contribution < 1.29 is 14.2 Å². The van der Waals surface area contributed by atoms with Crippen molar-refractivity contribution in [2.75, 3.05) is 13.1 Å². The Balaban J connectivity index is 2.00. The third-order valence-corrected chi connectivity index (χ3v) is 3.83. The van der Waals surface area contributed by atoms with Gasteiger partial charge in [-0.3, -0.25) is 14.9 Å². The summed E-state index contributed by atoms with van der Waals surface area (Å²) >= 11 is 0. The number of carbonyl (C=O) groups excluding carboxylic acids is 1. The maximum absolute atomic E-state index is 12.3. The first-order valence-corrected chi connectivity index (χ1v) is 8.75. The minimum atomic E-state index is -0.456. The second kappa shape index (κ2) is 9.07. The molecule has 1 aromatic heterocycles. The molecule has 0 spiro atoms. The number of hydrogen-bond acceptors (Lipinski definition) is 6. The smallest absolute Gasteiger partial charge is 0.269 e. The Morgan fingerprint density at radius 2 is 1.96 bits per heavy atom. The van der Waals surface area contributed by atoms with E-state index in [1.54, 1.807) is 12.1 Å². The average Bonchev–Trinajstić information content (AvgIpc) is 3.07. The first-order chi connectivity index (χ1) is 12.4. The molecule has 1 aromatic carbocycles. The van der Waals surface area contributed by atoms with Gasteiger partial charge in [-0.05, 0) is 24.5 Å². The fourth-order valence-electron chi connectivity index (χ4n) is 2.55. The third kappa shape index (κ3) is 5.37. The van der Waals surface area contributed by atoms with Crippen LogP contribution in [-0.4, -0.2) is 39.0 Å². The minimum Gasteiger partial charge on any atom is -0.342 e. The van der Waals surface area contributed by atoms with Gasteiger partial charge in [0.25, 0.3) is 5.69 Å². The van der Waals surface area contributed by atoms with Gasteiger partial charge in [0.1, 0.15) is 0 Å². The number of carbonyl (C=O) groups is 1. The molecule has 140 valence electrons. The van der Waals surface area contributed by atoms with E-state index in [1.165, 1.54) is 12.1 Å². The normalized spacial score (nSPS) is 10.9. The highest BCUT2D eigenvalue weighted by atomic mass is 16.6. The molecule has 26 heavy (non-hydrogen) atoms. The van der Waals surface area contributed by atoms with Crippen molar-refractivity contribution in [2.45, 2.75) is 40.0 Å². The van der Waals surface area contributed by atoms with E-state index in [-0.39, 0.29) is 11.6 Å². The topological polar surface area (TPSA) is 102 Å². The lowest BCUT2D eigenvalue weighted by Gasteiger charge is -2.22. The van der Waals surface area contributed by atoms with Crippen LogP contribution in [0.3, 0.4) is 0 Å². The molecule has 0 atom stereocenters. The van der Waals surface area contributed by atoms with Gasteiger partial charge in [0.2, 0.25) is 17.6 Å². The molecule has 0 radical (unpaired) electrons. The van der Waals surface area contributed by atoms with Gasteiger partial charge in [0.05, 0.1) is 4.92 Å². The molecule has 0 aliphatic rings. The molecule has 0 aliphatic heterocycles. The number of rotatable bonds is 9.